The minimum absolute atomic E-state index is 0.139. The van der Waals surface area contributed by atoms with Gasteiger partial charge in [-0.2, -0.15) is 0 Å². The Morgan fingerprint density at radius 1 is 1.50 bits per heavy atom. The van der Waals surface area contributed by atoms with Gasteiger partial charge in [0.05, 0.1) is 0 Å². The first-order chi connectivity index (χ1) is 4.36. The van der Waals surface area contributed by atoms with E-state index in [2.05, 4.69) is 0 Å². The molecule has 3 nitrogen and oxygen atoms in total. The van der Waals surface area contributed by atoms with Gasteiger partial charge in [0, 0.05) is 0 Å². The van der Waals surface area contributed by atoms with E-state index in [-0.39, 0.29) is 16.3 Å². The second-order valence-corrected chi connectivity index (χ2v) is 2.91. The predicted octanol–water partition coefficient (Wildman–Crippen LogP) is 0.428. The van der Waals surface area contributed by atoms with Gasteiger partial charge in [0.25, 0.3) is 6.47 Å². The molecule has 0 aliphatic heterocycles. The first kappa shape index (κ1) is 12.4. The van der Waals surface area contributed by atoms with Crippen molar-refractivity contribution in [1.82, 2.24) is 0 Å². The molecule has 0 radical (unpaired) electrons. The van der Waals surface area contributed by atoms with E-state index in [1.54, 1.807) is 17.7 Å². The first-order valence-corrected chi connectivity index (χ1v) is 2.95. The summed E-state index contributed by atoms with van der Waals surface area (Å²) in [4.78, 5) is 18.8. The second kappa shape index (κ2) is 5.52. The summed E-state index contributed by atoms with van der Waals surface area (Å²) in [5, 5.41) is 6.89. The number of carbonyl (C=O) groups is 2. The molecule has 0 saturated heterocycles. The second-order valence-electron chi connectivity index (χ2n) is 2.91. The summed E-state index contributed by atoms with van der Waals surface area (Å²) in [5.74, 6) is 0. The van der Waals surface area contributed by atoms with Crippen LogP contribution >= 0.6 is 0 Å². The molecule has 4 heteroatoms. The Labute approximate surface area is 70.0 Å². The summed E-state index contributed by atoms with van der Waals surface area (Å²) in [6, 6.07) is 0. The van der Waals surface area contributed by atoms with Crippen molar-refractivity contribution >= 4 is 28.6 Å². The number of rotatable bonds is 0. The predicted molar refractivity (Wildman–Crippen MR) is 38.9 cm³/mol. The van der Waals surface area contributed by atoms with E-state index < -0.39 is 0 Å². The summed E-state index contributed by atoms with van der Waals surface area (Å²) >= 11 is 1.61. The Bertz CT molecular complexity index is 115. The molecule has 0 aliphatic carbocycles. The van der Waals surface area contributed by atoms with Gasteiger partial charge in [-0.05, 0) is 0 Å². The fraction of sp³-hybridized carbons (Fsp3) is 0.667. The average Bonchev–Trinajstić information content (AvgIpc) is 1.64. The first-order valence-electron chi connectivity index (χ1n) is 2.95. The van der Waals surface area contributed by atoms with E-state index in [4.69, 9.17) is 9.90 Å². The van der Waals surface area contributed by atoms with Crippen molar-refractivity contribution in [2.75, 3.05) is 0 Å². The Morgan fingerprint density at radius 2 is 1.60 bits per heavy atom. The van der Waals surface area contributed by atoms with Crippen molar-refractivity contribution in [3.8, 4) is 0 Å². The fourth-order valence-corrected chi connectivity index (χ4v) is 0. The molecule has 1 N–H and O–H groups in total. The van der Waals surface area contributed by atoms with Gasteiger partial charge in [-0.25, -0.2) is 0 Å². The zero-order chi connectivity index (χ0) is 8.78. The van der Waals surface area contributed by atoms with Crippen LogP contribution in [0.5, 0.6) is 0 Å². The molecule has 0 unspecified atom stereocenters. The van der Waals surface area contributed by atoms with Gasteiger partial charge < -0.3 is 5.11 Å². The van der Waals surface area contributed by atoms with Gasteiger partial charge >= 0.3 is 53.2 Å². The van der Waals surface area contributed by atoms with E-state index >= 15 is 0 Å². The van der Waals surface area contributed by atoms with Crippen molar-refractivity contribution in [1.29, 1.82) is 0 Å². The van der Waals surface area contributed by atoms with E-state index in [1.807, 2.05) is 20.8 Å². The molecule has 10 heavy (non-hydrogen) atoms. The van der Waals surface area contributed by atoms with E-state index in [0.717, 1.165) is 0 Å². The number of carboxylic acid groups (broad SMARTS) is 1. The van der Waals surface area contributed by atoms with Gasteiger partial charge in [-0.15, -0.1) is 0 Å². The zero-order valence-corrected chi connectivity index (χ0v) is 6.84. The molecular formula is C6H11LiO3. The van der Waals surface area contributed by atoms with Gasteiger partial charge in [0.1, 0.15) is 0 Å². The third-order valence-corrected chi connectivity index (χ3v) is 1.06. The molecule has 0 spiro atoms. The molecule has 0 bridgehead atoms. The van der Waals surface area contributed by atoms with Gasteiger partial charge in [0.2, 0.25) is 0 Å². The SMILES string of the molecule is O=CO.[Li][C](=O)C(C)(C)C. The maximum absolute atomic E-state index is 10.5. The van der Waals surface area contributed by atoms with Crippen LogP contribution in [-0.2, 0) is 9.59 Å². The van der Waals surface area contributed by atoms with Crippen LogP contribution in [0.1, 0.15) is 20.8 Å². The monoisotopic (exact) mass is 138 g/mol. The third kappa shape index (κ3) is 10.7. The standard InChI is InChI=1S/C5H9O.CH2O2.Li/c1-5(2,3)4-6;2-1-3;/h1-3H3;1H,(H,2,3);. The molecular weight excluding hydrogens is 127 g/mol. The topological polar surface area (TPSA) is 54.4 Å². The Balaban J connectivity index is 0. The third-order valence-electron chi connectivity index (χ3n) is 1.06. The number of hydrogen-bond donors (Lipinski definition) is 1. The van der Waals surface area contributed by atoms with E-state index in [9.17, 15) is 4.79 Å². The maximum atomic E-state index is 10.5. The molecule has 0 atom stereocenters. The molecule has 0 fully saturated rings. The summed E-state index contributed by atoms with van der Waals surface area (Å²) < 4.78 is 0.243. The van der Waals surface area contributed by atoms with Crippen LogP contribution in [0.2, 0.25) is 0 Å². The Morgan fingerprint density at radius 3 is 1.60 bits per heavy atom. The van der Waals surface area contributed by atoms with Crippen molar-refractivity contribution in [2.24, 2.45) is 5.41 Å². The molecule has 0 amide bonds. The summed E-state index contributed by atoms with van der Waals surface area (Å²) in [6.45, 7) is 5.49. The average molecular weight is 138 g/mol. The van der Waals surface area contributed by atoms with Crippen molar-refractivity contribution in [2.45, 2.75) is 20.8 Å². The Kier molecular flexibility index (Phi) is 6.85. The summed E-state index contributed by atoms with van der Waals surface area (Å²) in [7, 11) is 0. The van der Waals surface area contributed by atoms with Crippen LogP contribution in [0.4, 0.5) is 0 Å². The van der Waals surface area contributed by atoms with Crippen LogP contribution in [0.3, 0.4) is 0 Å². The fourth-order valence-electron chi connectivity index (χ4n) is 0. The molecule has 0 aliphatic rings. The summed E-state index contributed by atoms with van der Waals surface area (Å²) in [6.07, 6.45) is 0. The normalized spacial score (nSPS) is 9.30. The molecule has 0 heterocycles. The van der Waals surface area contributed by atoms with Gasteiger partial charge in [0.15, 0.2) is 0 Å². The van der Waals surface area contributed by atoms with Crippen LogP contribution in [0.15, 0.2) is 0 Å². The molecule has 0 aromatic carbocycles. The molecule has 0 aromatic rings. The Hall–Kier alpha value is -0.263. The zero-order valence-electron chi connectivity index (χ0n) is 6.84. The minimum atomic E-state index is -0.250. The van der Waals surface area contributed by atoms with Gasteiger partial charge in [-0.3, -0.25) is 4.79 Å². The van der Waals surface area contributed by atoms with Crippen LogP contribution in [-0.4, -0.2) is 33.8 Å². The molecule has 0 aromatic heterocycles. The number of carbonyl (C=O) groups excluding carboxylic acids is 1. The van der Waals surface area contributed by atoms with Crippen LogP contribution < -0.4 is 0 Å². The van der Waals surface area contributed by atoms with E-state index in [0.29, 0.717) is 0 Å². The summed E-state index contributed by atoms with van der Waals surface area (Å²) in [5.41, 5.74) is -0.139. The van der Waals surface area contributed by atoms with Crippen molar-refractivity contribution in [3.05, 3.63) is 0 Å². The van der Waals surface area contributed by atoms with E-state index in [1.165, 1.54) is 0 Å². The van der Waals surface area contributed by atoms with Crippen molar-refractivity contribution in [3.63, 3.8) is 0 Å². The van der Waals surface area contributed by atoms with Gasteiger partial charge in [-0.1, -0.05) is 0 Å². The molecule has 0 saturated carbocycles. The van der Waals surface area contributed by atoms with Crippen LogP contribution in [0.25, 0.3) is 0 Å². The molecule has 54 valence electrons. The van der Waals surface area contributed by atoms with Crippen molar-refractivity contribution < 1.29 is 14.7 Å². The quantitative estimate of drug-likeness (QED) is 0.390. The number of hydrogen-bond acceptors (Lipinski definition) is 2. The van der Waals surface area contributed by atoms with Crippen LogP contribution in [0, 0.1) is 5.41 Å². The molecule has 0 rings (SSSR count).